The predicted molar refractivity (Wildman–Crippen MR) is 99.9 cm³/mol. The van der Waals surface area contributed by atoms with E-state index < -0.39 is 10.0 Å². The molecule has 24 heavy (non-hydrogen) atoms. The van der Waals surface area contributed by atoms with Crippen LogP contribution in [0.25, 0.3) is 0 Å². The largest absolute Gasteiger partial charge is 0.297 e. The van der Waals surface area contributed by atoms with E-state index in [-0.39, 0.29) is 5.75 Å². The number of unbranched alkanes of at least 4 members (excludes halogenated alkanes) is 1. The van der Waals surface area contributed by atoms with Crippen LogP contribution in [0, 0.1) is 0 Å². The molecular weight excluding hydrogens is 344 g/mol. The Balaban J connectivity index is 2.04. The monoisotopic (exact) mass is 362 g/mol. The number of amidine groups is 1. The Bertz CT molecular complexity index is 861. The number of hydrogen-bond acceptors (Lipinski definition) is 2. The molecule has 4 nitrogen and oxygen atoms in total. The van der Waals surface area contributed by atoms with Gasteiger partial charge in [0.25, 0.3) is 10.0 Å². The highest BCUT2D eigenvalue weighted by atomic mass is 35.5. The van der Waals surface area contributed by atoms with E-state index in [1.165, 1.54) is 0 Å². The molecule has 0 spiro atoms. The summed E-state index contributed by atoms with van der Waals surface area (Å²) in [5.41, 5.74) is 2.88. The first-order chi connectivity index (χ1) is 11.5. The number of anilines is 2. The Kier molecular flexibility index (Phi) is 4.92. The van der Waals surface area contributed by atoms with Crippen molar-refractivity contribution in [2.75, 3.05) is 10.7 Å². The molecule has 0 unspecified atom stereocenters. The van der Waals surface area contributed by atoms with Crippen LogP contribution in [0.5, 0.6) is 0 Å². The minimum atomic E-state index is -3.47. The first-order valence-corrected chi connectivity index (χ1v) is 9.94. The summed E-state index contributed by atoms with van der Waals surface area (Å²) < 4.78 is 28.7. The topological polar surface area (TPSA) is 49.7 Å². The normalized spacial score (nSPS) is 15.8. The van der Waals surface area contributed by atoms with Crippen molar-refractivity contribution < 1.29 is 8.42 Å². The van der Waals surface area contributed by atoms with Crippen LogP contribution in [0.1, 0.15) is 25.3 Å². The number of rotatable bonds is 5. The van der Waals surface area contributed by atoms with E-state index in [4.69, 9.17) is 11.6 Å². The van der Waals surface area contributed by atoms with E-state index >= 15 is 0 Å². The van der Waals surface area contributed by atoms with Crippen LogP contribution in [0.4, 0.5) is 11.4 Å². The van der Waals surface area contributed by atoms with E-state index in [0.29, 0.717) is 23.7 Å². The Hall–Kier alpha value is -1.85. The number of fused-ring (bicyclic) bond motifs is 1. The lowest BCUT2D eigenvalue weighted by Crippen LogP contribution is -2.23. The summed E-state index contributed by atoms with van der Waals surface area (Å²) in [6.07, 6.45) is 1.95. The van der Waals surface area contributed by atoms with Gasteiger partial charge >= 0.3 is 0 Å². The van der Waals surface area contributed by atoms with Gasteiger partial charge in [-0.25, -0.2) is 8.42 Å². The summed E-state index contributed by atoms with van der Waals surface area (Å²) in [4.78, 5) is 1.90. The van der Waals surface area contributed by atoms with E-state index in [1.807, 2.05) is 48.2 Å². The second kappa shape index (κ2) is 6.95. The van der Waals surface area contributed by atoms with Gasteiger partial charge in [0.15, 0.2) is 0 Å². The lowest BCUT2D eigenvalue weighted by Gasteiger charge is -2.20. The highest BCUT2D eigenvalue weighted by molar-refractivity contribution is 7.90. The van der Waals surface area contributed by atoms with Gasteiger partial charge in [0.05, 0.1) is 11.4 Å². The average Bonchev–Trinajstić information content (AvgIpc) is 2.91. The quantitative estimate of drug-likeness (QED) is 0.783. The molecule has 0 amide bonds. The van der Waals surface area contributed by atoms with Gasteiger partial charge in [0.2, 0.25) is 0 Å². The number of para-hydroxylation sites is 1. The fourth-order valence-corrected chi connectivity index (χ4v) is 4.09. The lowest BCUT2D eigenvalue weighted by atomic mass is 10.2. The molecule has 0 fully saturated rings. The molecule has 126 valence electrons. The summed E-state index contributed by atoms with van der Waals surface area (Å²) in [5.74, 6) is 0.618. The molecule has 0 aliphatic carbocycles. The maximum absolute atomic E-state index is 12.3. The number of hydrogen-bond donors (Lipinski definition) is 0. The van der Waals surface area contributed by atoms with Crippen molar-refractivity contribution in [3.8, 4) is 0 Å². The van der Waals surface area contributed by atoms with Crippen LogP contribution in [0.15, 0.2) is 52.9 Å². The molecule has 1 aliphatic rings. The Morgan fingerprint density at radius 1 is 1.12 bits per heavy atom. The summed E-state index contributed by atoms with van der Waals surface area (Å²) >= 11 is 5.97. The number of nitrogens with zero attached hydrogens (tertiary/aromatic N) is 2. The second-order valence-electron chi connectivity index (χ2n) is 5.76. The van der Waals surface area contributed by atoms with Crippen LogP contribution in [0.2, 0.25) is 5.02 Å². The Morgan fingerprint density at radius 2 is 1.83 bits per heavy atom. The van der Waals surface area contributed by atoms with Gasteiger partial charge in [-0.2, -0.15) is 0 Å². The van der Waals surface area contributed by atoms with Crippen molar-refractivity contribution in [1.82, 2.24) is 0 Å². The third kappa shape index (κ3) is 3.62. The summed E-state index contributed by atoms with van der Waals surface area (Å²) in [5, 5.41) is 0.639. The molecule has 0 radical (unpaired) electrons. The van der Waals surface area contributed by atoms with Crippen molar-refractivity contribution in [2.45, 2.75) is 26.2 Å². The molecule has 2 aromatic carbocycles. The first kappa shape index (κ1) is 17.0. The molecule has 3 rings (SSSR count). The molecule has 0 bridgehead atoms. The van der Waals surface area contributed by atoms with E-state index in [9.17, 15) is 8.42 Å². The van der Waals surface area contributed by atoms with Crippen molar-refractivity contribution in [3.63, 3.8) is 0 Å². The van der Waals surface area contributed by atoms with Crippen LogP contribution in [-0.4, -0.2) is 20.0 Å². The van der Waals surface area contributed by atoms with E-state index in [2.05, 4.69) is 4.40 Å². The molecule has 1 aliphatic heterocycles. The van der Waals surface area contributed by atoms with Crippen LogP contribution in [-0.2, 0) is 16.4 Å². The van der Waals surface area contributed by atoms with Gasteiger partial charge in [-0.1, -0.05) is 43.1 Å². The third-order valence-corrected chi connectivity index (χ3v) is 5.47. The minimum absolute atomic E-state index is 0.0812. The van der Waals surface area contributed by atoms with Gasteiger partial charge in [-0.15, -0.1) is 4.40 Å². The van der Waals surface area contributed by atoms with Gasteiger partial charge in [-0.3, -0.25) is 4.90 Å². The lowest BCUT2D eigenvalue weighted by molar-refractivity contribution is 0.594. The van der Waals surface area contributed by atoms with Gasteiger partial charge in [-0.05, 0) is 42.3 Å². The summed E-state index contributed by atoms with van der Waals surface area (Å²) in [6, 6.07) is 15.2. The molecule has 6 heteroatoms. The maximum Gasteiger partial charge on any atom is 0.254 e. The third-order valence-electron chi connectivity index (χ3n) is 3.92. The van der Waals surface area contributed by atoms with Crippen LogP contribution in [0.3, 0.4) is 0 Å². The van der Waals surface area contributed by atoms with Crippen molar-refractivity contribution in [3.05, 3.63) is 59.1 Å². The summed E-state index contributed by atoms with van der Waals surface area (Å²) in [6.45, 7) is 1.97. The standard InChI is InChI=1S/C18H19ClN2O2S/c1-2-3-12-24(22,23)20-18-13-14-6-4-5-7-17(14)21(18)16-10-8-15(19)9-11-16/h4-11H,2-3,12-13H2,1H3/b20-18-. The highest BCUT2D eigenvalue weighted by Gasteiger charge is 2.28. The van der Waals surface area contributed by atoms with Gasteiger partial charge < -0.3 is 0 Å². The minimum Gasteiger partial charge on any atom is -0.297 e. The van der Waals surface area contributed by atoms with Crippen LogP contribution < -0.4 is 4.90 Å². The molecule has 1 heterocycles. The van der Waals surface area contributed by atoms with Gasteiger partial charge in [0, 0.05) is 17.1 Å². The fraction of sp³-hybridized carbons (Fsp3) is 0.278. The Morgan fingerprint density at radius 3 is 2.54 bits per heavy atom. The fourth-order valence-electron chi connectivity index (χ4n) is 2.75. The molecule has 0 saturated heterocycles. The Labute approximate surface area is 147 Å². The van der Waals surface area contributed by atoms with Crippen LogP contribution >= 0.6 is 11.6 Å². The number of sulfonamides is 1. The summed E-state index contributed by atoms with van der Waals surface area (Å²) in [7, 11) is -3.47. The van der Waals surface area contributed by atoms with Crippen molar-refractivity contribution in [1.29, 1.82) is 0 Å². The number of benzene rings is 2. The second-order valence-corrected chi connectivity index (χ2v) is 7.96. The molecular formula is C18H19ClN2O2S. The molecule has 0 atom stereocenters. The van der Waals surface area contributed by atoms with Crippen molar-refractivity contribution >= 4 is 38.8 Å². The molecule has 0 N–H and O–H groups in total. The predicted octanol–water partition coefficient (Wildman–Crippen LogP) is 4.56. The molecule has 2 aromatic rings. The zero-order valence-corrected chi connectivity index (χ0v) is 15.0. The zero-order valence-electron chi connectivity index (χ0n) is 13.4. The van der Waals surface area contributed by atoms with Crippen molar-refractivity contribution in [2.24, 2.45) is 4.40 Å². The average molecular weight is 363 g/mol. The maximum atomic E-state index is 12.3. The molecule has 0 aromatic heterocycles. The number of halogens is 1. The molecule has 0 saturated carbocycles. The first-order valence-electron chi connectivity index (χ1n) is 7.95. The zero-order chi connectivity index (χ0) is 17.2. The SMILES string of the molecule is CCCCS(=O)(=O)/N=C1/Cc2ccccc2N1c1ccc(Cl)cc1. The smallest absolute Gasteiger partial charge is 0.254 e. The highest BCUT2D eigenvalue weighted by Crippen LogP contribution is 2.36. The van der Waals surface area contributed by atoms with Gasteiger partial charge in [0.1, 0.15) is 5.84 Å². The van der Waals surface area contributed by atoms with E-state index in [1.54, 1.807) is 12.1 Å². The van der Waals surface area contributed by atoms with E-state index in [0.717, 1.165) is 23.4 Å².